The van der Waals surface area contributed by atoms with Gasteiger partial charge in [-0.15, -0.1) is 23.2 Å². The molecule has 1 aliphatic heterocycles. The van der Waals surface area contributed by atoms with Crippen molar-refractivity contribution < 1.29 is 19.5 Å². The maximum atomic E-state index is 12.5. The summed E-state index contributed by atoms with van der Waals surface area (Å²) in [5.74, 6) is -5.63. The van der Waals surface area contributed by atoms with Gasteiger partial charge in [0.25, 0.3) is 0 Å². The van der Waals surface area contributed by atoms with Gasteiger partial charge in [-0.2, -0.15) is 0 Å². The average Bonchev–Trinajstić information content (AvgIpc) is 2.78. The van der Waals surface area contributed by atoms with Crippen molar-refractivity contribution in [2.45, 2.75) is 14.1 Å². The molecule has 1 N–H and O–H groups in total. The molecule has 0 aromatic rings. The number of carbonyl (C=O) groups excluding carboxylic acids is 2. The van der Waals surface area contributed by atoms with Crippen LogP contribution < -0.4 is 0 Å². The van der Waals surface area contributed by atoms with Crippen LogP contribution in [-0.2, 0) is 14.4 Å². The highest BCUT2D eigenvalue weighted by atomic mass is 35.5. The number of hydrogen-bond acceptors (Lipinski definition) is 3. The summed E-state index contributed by atoms with van der Waals surface area (Å²) in [6.07, 6.45) is 0. The van der Waals surface area contributed by atoms with Gasteiger partial charge in [-0.1, -0.05) is 46.4 Å². The number of fused-ring (bicyclic) bond motifs is 5. The molecule has 11 heteroatoms. The lowest BCUT2D eigenvalue weighted by Crippen LogP contribution is -2.50. The van der Waals surface area contributed by atoms with Gasteiger partial charge in [-0.25, -0.2) is 0 Å². The van der Waals surface area contributed by atoms with Crippen LogP contribution in [0.25, 0.3) is 0 Å². The van der Waals surface area contributed by atoms with Gasteiger partial charge in [-0.05, 0) is 0 Å². The second-order valence-electron chi connectivity index (χ2n) is 5.24. The van der Waals surface area contributed by atoms with E-state index in [2.05, 4.69) is 0 Å². The Labute approximate surface area is 154 Å². The van der Waals surface area contributed by atoms with Crippen LogP contribution >= 0.6 is 69.6 Å². The Morgan fingerprint density at radius 2 is 1.36 bits per heavy atom. The summed E-state index contributed by atoms with van der Waals surface area (Å²) in [5.41, 5.74) is 0. The molecule has 2 amide bonds. The molecule has 120 valence electrons. The number of hydrogen-bond donors (Lipinski definition) is 1. The Balaban J connectivity index is 2.21. The van der Waals surface area contributed by atoms with E-state index in [1.807, 2.05) is 0 Å². The highest BCUT2D eigenvalue weighted by Crippen LogP contribution is 2.77. The van der Waals surface area contributed by atoms with E-state index in [0.29, 0.717) is 4.90 Å². The van der Waals surface area contributed by atoms with Gasteiger partial charge < -0.3 is 5.11 Å². The molecule has 2 fully saturated rings. The van der Waals surface area contributed by atoms with E-state index in [1.165, 1.54) is 0 Å². The van der Waals surface area contributed by atoms with Gasteiger partial charge in [0.05, 0.1) is 21.9 Å². The third-order valence-corrected chi connectivity index (χ3v) is 8.55. The van der Waals surface area contributed by atoms with E-state index in [1.54, 1.807) is 0 Å². The van der Waals surface area contributed by atoms with Crippen molar-refractivity contribution in [3.05, 3.63) is 10.1 Å². The van der Waals surface area contributed by atoms with Crippen LogP contribution in [0.1, 0.15) is 0 Å². The van der Waals surface area contributed by atoms with Gasteiger partial charge in [-0.3, -0.25) is 19.3 Å². The Kier molecular flexibility index (Phi) is 3.53. The van der Waals surface area contributed by atoms with Gasteiger partial charge in [0.2, 0.25) is 11.8 Å². The first-order chi connectivity index (χ1) is 9.94. The highest BCUT2D eigenvalue weighted by molar-refractivity contribution is 6.66. The highest BCUT2D eigenvalue weighted by Gasteiger charge is 2.87. The number of alkyl halides is 4. The number of carbonyl (C=O) groups is 3. The van der Waals surface area contributed by atoms with Crippen molar-refractivity contribution >= 4 is 87.4 Å². The maximum Gasteiger partial charge on any atom is 0.323 e. The first-order valence-corrected chi connectivity index (χ1v) is 8.09. The predicted molar refractivity (Wildman–Crippen MR) is 81.7 cm³/mol. The molecule has 22 heavy (non-hydrogen) atoms. The molecule has 3 aliphatic rings. The van der Waals surface area contributed by atoms with Crippen molar-refractivity contribution in [3.8, 4) is 0 Å². The van der Waals surface area contributed by atoms with E-state index in [-0.39, 0.29) is 10.1 Å². The fourth-order valence-electron chi connectivity index (χ4n) is 3.34. The minimum Gasteiger partial charge on any atom is -0.480 e. The number of carboxylic acids is 1. The van der Waals surface area contributed by atoms with Crippen LogP contribution in [0.4, 0.5) is 0 Å². The normalized spacial score (nSPS) is 42.4. The summed E-state index contributed by atoms with van der Waals surface area (Å²) in [5, 5.41) is 8.40. The van der Waals surface area contributed by atoms with Crippen LogP contribution in [0.15, 0.2) is 10.1 Å². The molecule has 0 aromatic heterocycles. The Morgan fingerprint density at radius 3 is 1.68 bits per heavy atom. The quantitative estimate of drug-likeness (QED) is 0.543. The third-order valence-electron chi connectivity index (χ3n) is 4.29. The zero-order valence-electron chi connectivity index (χ0n) is 10.2. The minimum absolute atomic E-state index is 0.213. The fourth-order valence-corrected chi connectivity index (χ4v) is 6.27. The van der Waals surface area contributed by atoms with Crippen molar-refractivity contribution in [1.82, 2.24) is 4.90 Å². The second-order valence-corrected chi connectivity index (χ2v) is 8.51. The average molecular weight is 428 g/mol. The van der Waals surface area contributed by atoms with E-state index >= 15 is 0 Å². The minimum atomic E-state index is -2.01. The van der Waals surface area contributed by atoms with Crippen molar-refractivity contribution in [2.24, 2.45) is 11.8 Å². The van der Waals surface area contributed by atoms with E-state index in [4.69, 9.17) is 74.7 Å². The van der Waals surface area contributed by atoms with Gasteiger partial charge >= 0.3 is 5.97 Å². The van der Waals surface area contributed by atoms with Crippen LogP contribution in [0.3, 0.4) is 0 Å². The summed E-state index contributed by atoms with van der Waals surface area (Å²) in [6, 6.07) is 0. The van der Waals surface area contributed by atoms with Gasteiger partial charge in [0.1, 0.15) is 16.3 Å². The lowest BCUT2D eigenvalue weighted by molar-refractivity contribution is -0.149. The summed E-state index contributed by atoms with van der Waals surface area (Å²) >= 11 is 37.5. The lowest BCUT2D eigenvalue weighted by atomic mass is 9.84. The van der Waals surface area contributed by atoms with E-state index in [9.17, 15) is 14.4 Å². The van der Waals surface area contributed by atoms with Crippen molar-refractivity contribution in [1.29, 1.82) is 0 Å². The Hall–Kier alpha value is 0.0900. The maximum absolute atomic E-state index is 12.5. The Morgan fingerprint density at radius 1 is 1.00 bits per heavy atom. The van der Waals surface area contributed by atoms with Crippen LogP contribution in [0.2, 0.25) is 0 Å². The molecule has 2 aliphatic carbocycles. The molecular weight excluding hydrogens is 423 g/mol. The Bertz CT molecular complexity index is 631. The number of nitrogens with zero attached hydrogens (tertiary/aromatic N) is 1. The molecule has 1 saturated heterocycles. The molecule has 2 bridgehead atoms. The van der Waals surface area contributed by atoms with E-state index < -0.39 is 50.2 Å². The third kappa shape index (κ3) is 1.49. The molecule has 0 spiro atoms. The smallest absolute Gasteiger partial charge is 0.323 e. The molecule has 0 radical (unpaired) electrons. The molecule has 0 aromatic carbocycles. The summed E-state index contributed by atoms with van der Waals surface area (Å²) in [6.45, 7) is -0.822. The molecule has 3 rings (SSSR count). The van der Waals surface area contributed by atoms with Crippen LogP contribution in [0, 0.1) is 11.8 Å². The summed E-state index contributed by atoms with van der Waals surface area (Å²) < 4.78 is -2.01. The number of aliphatic carboxylic acids is 1. The largest absolute Gasteiger partial charge is 0.480 e. The summed E-state index contributed by atoms with van der Waals surface area (Å²) in [4.78, 5) is 32.5. The monoisotopic (exact) mass is 425 g/mol. The molecule has 5 nitrogen and oxygen atoms in total. The molecule has 4 atom stereocenters. The number of imide groups is 1. The first kappa shape index (κ1) is 16.9. The van der Waals surface area contributed by atoms with Gasteiger partial charge in [0, 0.05) is 0 Å². The number of allylic oxidation sites excluding steroid dienone is 2. The van der Waals surface area contributed by atoms with Crippen molar-refractivity contribution in [3.63, 3.8) is 0 Å². The lowest BCUT2D eigenvalue weighted by Gasteiger charge is -2.34. The predicted octanol–water partition coefficient (Wildman–Crippen LogP) is 2.52. The number of amides is 2. The fraction of sp³-hybridized carbons (Fsp3) is 0.545. The zero-order valence-corrected chi connectivity index (χ0v) is 14.8. The molecule has 1 saturated carbocycles. The molecule has 0 unspecified atom stereocenters. The number of halogens is 6. The van der Waals surface area contributed by atoms with Crippen molar-refractivity contribution in [2.75, 3.05) is 6.54 Å². The summed E-state index contributed by atoms with van der Waals surface area (Å²) in [7, 11) is 0. The standard InChI is InChI=1S/C11H5Cl6NO4/c12-5-6(13)10(15)4-3(9(5,14)11(10,16)17)7(21)18(8(4)22)1-2(19)20/h3-4H,1H2,(H,19,20)/t3-,4+,9-,10-/m1/s1. The number of rotatable bonds is 2. The number of carboxylic acid groups (broad SMARTS) is 1. The first-order valence-electron chi connectivity index (χ1n) is 5.82. The van der Waals surface area contributed by atoms with Gasteiger partial charge in [0.15, 0.2) is 4.33 Å². The van der Waals surface area contributed by atoms with Crippen LogP contribution in [-0.4, -0.2) is 48.4 Å². The SMILES string of the molecule is O=C(O)CN1C(=O)[C@@H]2[C@H](C1=O)[C@@]1(Cl)C(Cl)=C(Cl)[C@@]2(Cl)C1(Cl)Cl. The molecular formula is C11H5Cl6NO4. The van der Waals surface area contributed by atoms with Crippen LogP contribution in [0.5, 0.6) is 0 Å². The second kappa shape index (κ2) is 4.58. The van der Waals surface area contributed by atoms with E-state index in [0.717, 1.165) is 0 Å². The molecule has 1 heterocycles. The topological polar surface area (TPSA) is 74.7 Å². The number of likely N-dealkylation sites (tertiary alicyclic amines) is 1. The zero-order chi connectivity index (χ0) is 16.8.